The van der Waals surface area contributed by atoms with Crippen LogP contribution in [0.15, 0.2) is 94.8 Å². The molecule has 2 aromatic carbocycles. The van der Waals surface area contributed by atoms with Crippen LogP contribution < -0.4 is 30.5 Å². The number of halogens is 2. The summed E-state index contributed by atoms with van der Waals surface area (Å²) < 4.78 is 102. The van der Waals surface area contributed by atoms with Gasteiger partial charge < -0.3 is 38.2 Å². The number of benzene rings is 2. The number of alkyl halides is 2. The third-order valence-electron chi connectivity index (χ3n) is 10.9. The first-order valence-corrected chi connectivity index (χ1v) is 25.8. The maximum absolute atomic E-state index is 15.5. The second-order valence-electron chi connectivity index (χ2n) is 17.0. The third kappa shape index (κ3) is 14.8. The highest BCUT2D eigenvalue weighted by atomic mass is 31.2. The predicted molar refractivity (Wildman–Crippen MR) is 249 cm³/mol. The van der Waals surface area contributed by atoms with E-state index < -0.39 is 130 Å². The normalized spacial score (nSPS) is 27.4. The molecule has 4 heterocycles. The van der Waals surface area contributed by atoms with E-state index in [1.165, 1.54) is 38.1 Å². The lowest BCUT2D eigenvalue weighted by Crippen LogP contribution is -2.51. The van der Waals surface area contributed by atoms with E-state index in [1.54, 1.807) is 36.4 Å². The van der Waals surface area contributed by atoms with Crippen LogP contribution in [0.1, 0.15) is 67.0 Å². The van der Waals surface area contributed by atoms with Crippen LogP contribution in [0.4, 0.5) is 8.78 Å². The Bertz CT molecular complexity index is 2590. The van der Waals surface area contributed by atoms with Crippen LogP contribution in [0.5, 0.6) is 11.5 Å². The average Bonchev–Trinajstić information content (AvgIpc) is 3.69. The van der Waals surface area contributed by atoms with Gasteiger partial charge in [0.25, 0.3) is 5.56 Å². The second-order valence-corrected chi connectivity index (χ2v) is 20.3. The molecule has 4 unspecified atom stereocenters. The van der Waals surface area contributed by atoms with Gasteiger partial charge in [-0.1, -0.05) is 50.2 Å². The number of ether oxygens (including phenoxy) is 4. The summed E-state index contributed by atoms with van der Waals surface area (Å²) in [4.78, 5) is 74.5. The fourth-order valence-electron chi connectivity index (χ4n) is 7.07. The summed E-state index contributed by atoms with van der Waals surface area (Å²) in [5.41, 5.74) is -6.55. The summed E-state index contributed by atoms with van der Waals surface area (Å²) >= 11 is 0. The zero-order valence-corrected chi connectivity index (χ0v) is 41.9. The van der Waals surface area contributed by atoms with Gasteiger partial charge in [0.1, 0.15) is 48.0 Å². The van der Waals surface area contributed by atoms with Crippen molar-refractivity contribution in [2.24, 2.45) is 0 Å². The summed E-state index contributed by atoms with van der Waals surface area (Å²) in [6.07, 6.45) is -5.53. The quantitative estimate of drug-likeness (QED) is 0.0541. The lowest BCUT2D eigenvalue weighted by Gasteiger charge is -2.32. The van der Waals surface area contributed by atoms with E-state index in [2.05, 4.69) is 10.2 Å². The Hall–Kier alpha value is -5.46. The van der Waals surface area contributed by atoms with Gasteiger partial charge in [-0.25, -0.2) is 22.7 Å². The van der Waals surface area contributed by atoms with Crippen LogP contribution in [-0.2, 0) is 56.3 Å². The minimum Gasteiger partial charge on any atom is -0.465 e. The molecular weight excluding hydrogens is 998 g/mol. The van der Waals surface area contributed by atoms with Crippen molar-refractivity contribution in [3.63, 3.8) is 0 Å². The topological polar surface area (TPSA) is 299 Å². The Morgan fingerprint density at radius 3 is 1.64 bits per heavy atom. The number of carbonyl (C=O) groups excluding carboxylic acids is 4. The van der Waals surface area contributed by atoms with Gasteiger partial charge in [-0.3, -0.25) is 47.5 Å². The summed E-state index contributed by atoms with van der Waals surface area (Å²) in [6.45, 7) is 7.60. The number of nitrogens with one attached hydrogen (secondary N) is 3. The van der Waals surface area contributed by atoms with Crippen molar-refractivity contribution >= 4 is 39.1 Å². The SMILES string of the molecule is CCCOC(=O)C(C)NP(=O)(OC[C@H]1O[C@@H](N2C=CC(=O)CC2=O)[C@](C)(F)[C@@H]1O)Oc1ccccc1.CCCOC(=O)C(C)NP(=O)(OC[C@H]1O[C@@H](n2ccc(=O)[nH]c2=O)[C@](C)(F)[C@@H]1O)Oc1ccccc1. The molecule has 0 spiro atoms. The molecule has 2 saturated heterocycles. The number of allylic oxidation sites excluding steroid dienone is 1. The molecule has 23 nitrogen and oxygen atoms in total. The summed E-state index contributed by atoms with van der Waals surface area (Å²) in [5, 5.41) is 26.1. The maximum atomic E-state index is 15.5. The van der Waals surface area contributed by atoms with Gasteiger partial charge in [-0.2, -0.15) is 10.2 Å². The van der Waals surface area contributed by atoms with Gasteiger partial charge in [-0.05, 0) is 70.9 Å². The molecule has 3 aromatic rings. The van der Waals surface area contributed by atoms with Crippen molar-refractivity contribution in [1.29, 1.82) is 0 Å². The molecular formula is C45H59F2N5O18P2. The smallest absolute Gasteiger partial charge is 0.459 e. The van der Waals surface area contributed by atoms with E-state index in [0.29, 0.717) is 12.8 Å². The van der Waals surface area contributed by atoms with Gasteiger partial charge in [0.2, 0.25) is 5.91 Å². The summed E-state index contributed by atoms with van der Waals surface area (Å²) in [6, 6.07) is 14.8. The van der Waals surface area contributed by atoms with Gasteiger partial charge in [0, 0.05) is 18.5 Å². The molecule has 0 saturated carbocycles. The highest BCUT2D eigenvalue weighted by Crippen LogP contribution is 2.49. The van der Waals surface area contributed by atoms with Crippen LogP contribution in [0.25, 0.3) is 0 Å². The number of rotatable bonds is 22. The Labute approximate surface area is 412 Å². The number of hydrogen-bond acceptors (Lipinski definition) is 18. The van der Waals surface area contributed by atoms with E-state index in [0.717, 1.165) is 47.9 Å². The number of aliphatic hydroxyl groups excluding tert-OH is 2. The molecule has 1 amide bonds. The highest BCUT2D eigenvalue weighted by Gasteiger charge is 2.58. The molecule has 2 fully saturated rings. The van der Waals surface area contributed by atoms with Crippen molar-refractivity contribution in [2.75, 3.05) is 26.4 Å². The van der Waals surface area contributed by atoms with E-state index in [-0.39, 0.29) is 24.7 Å². The van der Waals surface area contributed by atoms with Crippen molar-refractivity contribution in [1.82, 2.24) is 24.6 Å². The Morgan fingerprint density at radius 2 is 1.21 bits per heavy atom. The monoisotopic (exact) mass is 1060 g/mol. The first-order valence-electron chi connectivity index (χ1n) is 22.7. The number of hydrogen-bond donors (Lipinski definition) is 5. The van der Waals surface area contributed by atoms with Gasteiger partial charge >= 0.3 is 33.1 Å². The number of aliphatic hydroxyl groups is 2. The van der Waals surface area contributed by atoms with Gasteiger partial charge in [-0.15, -0.1) is 0 Å². The standard InChI is InChI=1S/C23H30FN2O9P.C22H29FN3O9P/c1-4-12-32-21(30)15(2)25-36(31,35-17-8-6-5-7-9-17)33-14-18-20(29)23(3,24)22(34-18)26-11-10-16(27)13-19(26)28;1-4-12-32-19(29)14(2)25-36(31,35-15-8-6-5-7-9-15)33-13-16-18(28)22(3,23)20(34-16)26-11-10-17(27)24-21(26)30/h5-11,15,18,20,22,29H,4,12-14H2,1-3H3,(H,25,31);5-11,14,16,18,20,28H,4,12-13H2,1-3H3,(H,25,31)(H,24,27,30)/t15?,18-,20-,22-,23-,36?;14?,16-,18-,20-,22-,36?/m11/s1. The van der Waals surface area contributed by atoms with E-state index in [9.17, 15) is 48.1 Å². The number of aromatic amines is 1. The summed E-state index contributed by atoms with van der Waals surface area (Å²) in [7, 11) is -8.57. The first kappa shape index (κ1) is 57.4. The molecule has 5 N–H and O–H groups in total. The largest absolute Gasteiger partial charge is 0.465 e. The molecule has 0 bridgehead atoms. The van der Waals surface area contributed by atoms with Gasteiger partial charge in [0.15, 0.2) is 29.6 Å². The number of H-pyrrole nitrogens is 1. The fraction of sp³-hybridized carbons (Fsp3) is 0.511. The van der Waals surface area contributed by atoms with Crippen LogP contribution in [-0.4, -0.2) is 129 Å². The van der Waals surface area contributed by atoms with Crippen LogP contribution >= 0.6 is 15.5 Å². The third-order valence-corrected chi connectivity index (χ3v) is 14.2. The number of ketones is 1. The molecule has 0 aliphatic carbocycles. The average molecular weight is 1060 g/mol. The summed E-state index contributed by atoms with van der Waals surface area (Å²) in [5.74, 6) is -2.18. The van der Waals surface area contributed by atoms with Crippen LogP contribution in [0, 0.1) is 0 Å². The molecule has 396 valence electrons. The van der Waals surface area contributed by atoms with Gasteiger partial charge in [0.05, 0.1) is 32.8 Å². The van der Waals surface area contributed by atoms with E-state index in [4.69, 9.17) is 37.0 Å². The molecule has 27 heteroatoms. The minimum absolute atomic E-state index is 0.156. The zero-order chi connectivity index (χ0) is 53.0. The molecule has 3 aliphatic heterocycles. The lowest BCUT2D eigenvalue weighted by molar-refractivity contribution is -0.150. The Kier molecular flexibility index (Phi) is 19.9. The molecule has 12 atom stereocenters. The van der Waals surface area contributed by atoms with Crippen molar-refractivity contribution < 1.29 is 84.3 Å². The number of nitrogens with zero attached hydrogens (tertiary/aromatic N) is 2. The number of amides is 1. The molecule has 1 aromatic heterocycles. The molecule has 3 aliphatic rings. The number of para-hydroxylation sites is 2. The molecule has 72 heavy (non-hydrogen) atoms. The van der Waals surface area contributed by atoms with Crippen LogP contribution in [0.3, 0.4) is 0 Å². The van der Waals surface area contributed by atoms with Crippen molar-refractivity contribution in [3.8, 4) is 11.5 Å². The molecule has 6 rings (SSSR count). The van der Waals surface area contributed by atoms with E-state index >= 15 is 8.78 Å². The molecule has 0 radical (unpaired) electrons. The maximum Gasteiger partial charge on any atom is 0.459 e. The van der Waals surface area contributed by atoms with Crippen molar-refractivity contribution in [3.05, 3.63) is 106 Å². The first-order chi connectivity index (χ1) is 33.9. The minimum atomic E-state index is -4.29. The highest BCUT2D eigenvalue weighted by molar-refractivity contribution is 7.52. The van der Waals surface area contributed by atoms with Crippen LogP contribution in [0.2, 0.25) is 0 Å². The number of esters is 2. The fourth-order valence-corrected chi connectivity index (χ4v) is 10.1. The lowest BCUT2D eigenvalue weighted by atomic mass is 9.97. The Morgan fingerprint density at radius 1 is 0.764 bits per heavy atom. The predicted octanol–water partition coefficient (Wildman–Crippen LogP) is 3.91. The second kappa shape index (κ2) is 25.0. The van der Waals surface area contributed by atoms with E-state index in [1.807, 2.05) is 18.8 Å². The van der Waals surface area contributed by atoms with Crippen molar-refractivity contribution in [2.45, 2.75) is 121 Å². The Balaban J connectivity index is 0.000000267. The number of carbonyl (C=O) groups is 4. The zero-order valence-electron chi connectivity index (χ0n) is 40.1. The number of aromatic nitrogens is 2.